The maximum atomic E-state index is 4.39. The number of hydrogen-bond acceptors (Lipinski definition) is 1. The van der Waals surface area contributed by atoms with Crippen molar-refractivity contribution in [2.75, 3.05) is 0 Å². The molecule has 0 aliphatic heterocycles. The van der Waals surface area contributed by atoms with E-state index in [1.54, 1.807) is 0 Å². The number of imidazole rings is 1. The van der Waals surface area contributed by atoms with Crippen LogP contribution in [-0.2, 0) is 7.05 Å². The lowest BCUT2D eigenvalue weighted by Crippen LogP contribution is -1.97. The van der Waals surface area contributed by atoms with Crippen molar-refractivity contribution in [1.29, 1.82) is 0 Å². The van der Waals surface area contributed by atoms with Gasteiger partial charge in [-0.3, -0.25) is 0 Å². The molecule has 1 aromatic carbocycles. The fourth-order valence-corrected chi connectivity index (χ4v) is 1.83. The summed E-state index contributed by atoms with van der Waals surface area (Å²) in [5, 5.41) is 0. The fourth-order valence-electron chi connectivity index (χ4n) is 1.83. The van der Waals surface area contributed by atoms with E-state index in [0.29, 0.717) is 5.92 Å². The summed E-state index contributed by atoms with van der Waals surface area (Å²) in [5.41, 5.74) is 2.59. The highest BCUT2D eigenvalue weighted by Gasteiger charge is 2.10. The van der Waals surface area contributed by atoms with Crippen LogP contribution in [0, 0.1) is 0 Å². The highest BCUT2D eigenvalue weighted by atomic mass is 15.0. The molecule has 1 aromatic heterocycles. The number of aromatic nitrogens is 2. The van der Waals surface area contributed by atoms with Gasteiger partial charge in [-0.25, -0.2) is 4.98 Å². The molecule has 2 rings (SSSR count). The Kier molecular flexibility index (Phi) is 2.58. The Morgan fingerprint density at radius 2 is 1.93 bits per heavy atom. The van der Waals surface area contributed by atoms with Crippen LogP contribution in [0.2, 0.25) is 0 Å². The molecule has 0 fully saturated rings. The summed E-state index contributed by atoms with van der Waals surface area (Å²) in [6, 6.07) is 8.46. The SMILES string of the molecule is CC(C)c1ccccc1-c1nccn1C. The molecule has 0 N–H and O–H groups in total. The third-order valence-electron chi connectivity index (χ3n) is 2.64. The summed E-state index contributed by atoms with van der Waals surface area (Å²) in [7, 11) is 2.03. The van der Waals surface area contributed by atoms with Crippen LogP contribution in [0.1, 0.15) is 25.3 Å². The first-order valence-electron chi connectivity index (χ1n) is 5.26. The molecule has 1 heterocycles. The van der Waals surface area contributed by atoms with Crippen LogP contribution >= 0.6 is 0 Å². The molecule has 78 valence electrons. The van der Waals surface area contributed by atoms with Crippen LogP contribution in [0.4, 0.5) is 0 Å². The van der Waals surface area contributed by atoms with Gasteiger partial charge in [0.25, 0.3) is 0 Å². The highest BCUT2D eigenvalue weighted by Crippen LogP contribution is 2.27. The molecule has 2 aromatic rings. The Bertz CT molecular complexity index is 455. The van der Waals surface area contributed by atoms with E-state index in [-0.39, 0.29) is 0 Å². The molecule has 0 atom stereocenters. The van der Waals surface area contributed by atoms with Gasteiger partial charge in [-0.2, -0.15) is 0 Å². The molecule has 15 heavy (non-hydrogen) atoms. The van der Waals surface area contributed by atoms with E-state index in [4.69, 9.17) is 0 Å². The molecule has 0 amide bonds. The smallest absolute Gasteiger partial charge is 0.139 e. The van der Waals surface area contributed by atoms with Gasteiger partial charge in [0.15, 0.2) is 0 Å². The summed E-state index contributed by atoms with van der Waals surface area (Å²) < 4.78 is 2.06. The Labute approximate surface area is 90.6 Å². The lowest BCUT2D eigenvalue weighted by Gasteiger charge is -2.11. The van der Waals surface area contributed by atoms with Crippen molar-refractivity contribution in [3.05, 3.63) is 42.2 Å². The number of benzene rings is 1. The monoisotopic (exact) mass is 200 g/mol. The van der Waals surface area contributed by atoms with Crippen LogP contribution in [-0.4, -0.2) is 9.55 Å². The summed E-state index contributed by atoms with van der Waals surface area (Å²) in [4.78, 5) is 4.39. The fraction of sp³-hybridized carbons (Fsp3) is 0.308. The van der Waals surface area contributed by atoms with Crippen LogP contribution < -0.4 is 0 Å². The van der Waals surface area contributed by atoms with E-state index in [0.717, 1.165) is 5.82 Å². The quantitative estimate of drug-likeness (QED) is 0.727. The topological polar surface area (TPSA) is 17.8 Å². The standard InChI is InChI=1S/C13H16N2/c1-10(2)11-6-4-5-7-12(11)13-14-8-9-15(13)3/h4-10H,1-3H3. The summed E-state index contributed by atoms with van der Waals surface area (Å²) in [6.07, 6.45) is 3.82. The Morgan fingerprint density at radius 3 is 2.53 bits per heavy atom. The van der Waals surface area contributed by atoms with Gasteiger partial charge in [-0.1, -0.05) is 38.1 Å². The summed E-state index contributed by atoms with van der Waals surface area (Å²) >= 11 is 0. The van der Waals surface area contributed by atoms with Gasteiger partial charge in [-0.05, 0) is 11.5 Å². The minimum absolute atomic E-state index is 0.526. The number of aryl methyl sites for hydroxylation is 1. The van der Waals surface area contributed by atoms with Gasteiger partial charge in [-0.15, -0.1) is 0 Å². The van der Waals surface area contributed by atoms with Crippen molar-refractivity contribution in [1.82, 2.24) is 9.55 Å². The summed E-state index contributed by atoms with van der Waals surface area (Å²) in [5.74, 6) is 1.57. The van der Waals surface area contributed by atoms with Gasteiger partial charge in [0.05, 0.1) is 0 Å². The van der Waals surface area contributed by atoms with E-state index in [2.05, 4.69) is 47.7 Å². The minimum Gasteiger partial charge on any atom is -0.334 e. The Hall–Kier alpha value is -1.57. The third kappa shape index (κ3) is 1.80. The van der Waals surface area contributed by atoms with Gasteiger partial charge < -0.3 is 4.57 Å². The van der Waals surface area contributed by atoms with Gasteiger partial charge in [0.2, 0.25) is 0 Å². The van der Waals surface area contributed by atoms with E-state index in [1.807, 2.05) is 19.4 Å². The van der Waals surface area contributed by atoms with E-state index >= 15 is 0 Å². The van der Waals surface area contributed by atoms with Crippen molar-refractivity contribution < 1.29 is 0 Å². The number of rotatable bonds is 2. The zero-order valence-corrected chi connectivity index (χ0v) is 9.44. The maximum absolute atomic E-state index is 4.39. The van der Waals surface area contributed by atoms with Gasteiger partial charge >= 0.3 is 0 Å². The first kappa shape index (κ1) is 9.97. The molecule has 0 aliphatic carbocycles. The normalized spacial score (nSPS) is 10.9. The Balaban J connectivity index is 2.58. The molecule has 0 saturated carbocycles. The third-order valence-corrected chi connectivity index (χ3v) is 2.64. The second kappa shape index (κ2) is 3.89. The minimum atomic E-state index is 0.526. The predicted molar refractivity (Wildman–Crippen MR) is 62.7 cm³/mol. The molecule has 0 unspecified atom stereocenters. The van der Waals surface area contributed by atoms with E-state index < -0.39 is 0 Å². The first-order valence-corrected chi connectivity index (χ1v) is 5.26. The van der Waals surface area contributed by atoms with Crippen molar-refractivity contribution >= 4 is 0 Å². The predicted octanol–water partition coefficient (Wildman–Crippen LogP) is 3.21. The van der Waals surface area contributed by atoms with Gasteiger partial charge in [0, 0.05) is 25.0 Å². The average Bonchev–Trinajstić information content (AvgIpc) is 2.64. The maximum Gasteiger partial charge on any atom is 0.139 e. The molecule has 0 saturated heterocycles. The molecule has 0 spiro atoms. The van der Waals surface area contributed by atoms with Crippen molar-refractivity contribution in [3.63, 3.8) is 0 Å². The van der Waals surface area contributed by atoms with Crippen molar-refractivity contribution in [2.45, 2.75) is 19.8 Å². The highest BCUT2D eigenvalue weighted by molar-refractivity contribution is 5.61. The lowest BCUT2D eigenvalue weighted by atomic mass is 9.97. The van der Waals surface area contributed by atoms with E-state index in [1.165, 1.54) is 11.1 Å². The zero-order valence-electron chi connectivity index (χ0n) is 9.44. The molecular weight excluding hydrogens is 184 g/mol. The molecule has 0 radical (unpaired) electrons. The number of nitrogens with zero attached hydrogens (tertiary/aromatic N) is 2. The molecule has 0 aliphatic rings. The lowest BCUT2D eigenvalue weighted by molar-refractivity contribution is 0.857. The average molecular weight is 200 g/mol. The zero-order chi connectivity index (χ0) is 10.8. The second-order valence-electron chi connectivity index (χ2n) is 4.10. The molecular formula is C13H16N2. The molecule has 0 bridgehead atoms. The summed E-state index contributed by atoms with van der Waals surface area (Å²) in [6.45, 7) is 4.42. The Morgan fingerprint density at radius 1 is 1.20 bits per heavy atom. The molecule has 2 heteroatoms. The van der Waals surface area contributed by atoms with Crippen molar-refractivity contribution in [3.8, 4) is 11.4 Å². The van der Waals surface area contributed by atoms with Crippen molar-refractivity contribution in [2.24, 2.45) is 7.05 Å². The van der Waals surface area contributed by atoms with Crippen LogP contribution in [0.5, 0.6) is 0 Å². The molecule has 2 nitrogen and oxygen atoms in total. The van der Waals surface area contributed by atoms with Crippen LogP contribution in [0.3, 0.4) is 0 Å². The number of hydrogen-bond donors (Lipinski definition) is 0. The van der Waals surface area contributed by atoms with Crippen LogP contribution in [0.25, 0.3) is 11.4 Å². The van der Waals surface area contributed by atoms with Crippen LogP contribution in [0.15, 0.2) is 36.7 Å². The largest absolute Gasteiger partial charge is 0.334 e. The second-order valence-corrected chi connectivity index (χ2v) is 4.10. The van der Waals surface area contributed by atoms with E-state index in [9.17, 15) is 0 Å². The first-order chi connectivity index (χ1) is 7.20. The van der Waals surface area contributed by atoms with Gasteiger partial charge in [0.1, 0.15) is 5.82 Å².